The molecule has 4 nitrogen and oxygen atoms in total. The fourth-order valence-electron chi connectivity index (χ4n) is 2.61. The van der Waals surface area contributed by atoms with Crippen LogP contribution in [0.2, 0.25) is 0 Å². The zero-order chi connectivity index (χ0) is 13.1. The van der Waals surface area contributed by atoms with Crippen molar-refractivity contribution in [3.63, 3.8) is 0 Å². The number of thiazole rings is 1. The molecular formula is C13H21N3OS. The Morgan fingerprint density at radius 1 is 1.56 bits per heavy atom. The average molecular weight is 267 g/mol. The van der Waals surface area contributed by atoms with Crippen molar-refractivity contribution < 1.29 is 4.79 Å². The smallest absolute Gasteiger partial charge is 0.226 e. The van der Waals surface area contributed by atoms with Crippen LogP contribution in [0.1, 0.15) is 38.8 Å². The highest BCUT2D eigenvalue weighted by atomic mass is 32.1. The van der Waals surface area contributed by atoms with Crippen LogP contribution in [0, 0.1) is 11.8 Å². The van der Waals surface area contributed by atoms with E-state index >= 15 is 0 Å². The molecule has 1 aromatic heterocycles. The molecule has 1 aromatic rings. The Bertz CT molecular complexity index is 418. The quantitative estimate of drug-likeness (QED) is 0.882. The molecule has 3 atom stereocenters. The Labute approximate surface area is 112 Å². The first-order chi connectivity index (χ1) is 8.56. The van der Waals surface area contributed by atoms with E-state index in [1.165, 1.54) is 24.2 Å². The summed E-state index contributed by atoms with van der Waals surface area (Å²) in [7, 11) is 0. The maximum Gasteiger partial charge on any atom is 0.226 e. The maximum atomic E-state index is 12.0. The zero-order valence-electron chi connectivity index (χ0n) is 11.0. The number of hydrogen-bond acceptors (Lipinski definition) is 4. The lowest BCUT2D eigenvalue weighted by atomic mass is 9.78. The third-order valence-corrected chi connectivity index (χ3v) is 4.69. The molecule has 0 radical (unpaired) electrons. The number of anilines is 1. The lowest BCUT2D eigenvalue weighted by Gasteiger charge is -2.34. The van der Waals surface area contributed by atoms with Crippen molar-refractivity contribution in [2.45, 2.75) is 45.6 Å². The average Bonchev–Trinajstić information content (AvgIpc) is 2.70. The number of nitrogens with zero attached hydrogens (tertiary/aromatic N) is 1. The van der Waals surface area contributed by atoms with Gasteiger partial charge in [-0.2, -0.15) is 0 Å². The van der Waals surface area contributed by atoms with Crippen LogP contribution in [0.15, 0.2) is 5.38 Å². The summed E-state index contributed by atoms with van der Waals surface area (Å²) < 4.78 is 0. The number of carbonyl (C=O) groups excluding carboxylic acids is 1. The third-order valence-electron chi connectivity index (χ3n) is 3.96. The predicted molar refractivity (Wildman–Crippen MR) is 74.3 cm³/mol. The van der Waals surface area contributed by atoms with E-state index in [-0.39, 0.29) is 5.91 Å². The second-order valence-corrected chi connectivity index (χ2v) is 6.18. The van der Waals surface area contributed by atoms with Gasteiger partial charge in [0.1, 0.15) is 0 Å². The van der Waals surface area contributed by atoms with Crippen LogP contribution in [0.5, 0.6) is 0 Å². The Hall–Kier alpha value is -1.10. The van der Waals surface area contributed by atoms with Gasteiger partial charge in [0.25, 0.3) is 0 Å². The highest BCUT2D eigenvalue weighted by Crippen LogP contribution is 2.29. The van der Waals surface area contributed by atoms with E-state index in [1.807, 2.05) is 5.38 Å². The van der Waals surface area contributed by atoms with Crippen LogP contribution in [0.3, 0.4) is 0 Å². The Balaban J connectivity index is 1.87. The van der Waals surface area contributed by atoms with Gasteiger partial charge >= 0.3 is 0 Å². The van der Waals surface area contributed by atoms with E-state index in [0.717, 1.165) is 12.1 Å². The minimum Gasteiger partial charge on any atom is -0.375 e. The van der Waals surface area contributed by atoms with Gasteiger partial charge in [0.2, 0.25) is 5.91 Å². The van der Waals surface area contributed by atoms with Crippen LogP contribution in [0.4, 0.5) is 5.13 Å². The molecule has 0 aliphatic heterocycles. The van der Waals surface area contributed by atoms with Gasteiger partial charge in [0.05, 0.1) is 12.1 Å². The number of amides is 1. The molecule has 1 saturated carbocycles. The van der Waals surface area contributed by atoms with Crippen molar-refractivity contribution in [3.05, 3.63) is 11.1 Å². The van der Waals surface area contributed by atoms with E-state index in [1.54, 1.807) is 0 Å². The summed E-state index contributed by atoms with van der Waals surface area (Å²) in [6.45, 7) is 4.50. The first-order valence-electron chi connectivity index (χ1n) is 6.55. The molecule has 18 heavy (non-hydrogen) atoms. The fraction of sp³-hybridized carbons (Fsp3) is 0.692. The molecule has 3 unspecified atom stereocenters. The topological polar surface area (TPSA) is 68.0 Å². The molecule has 0 bridgehead atoms. The summed E-state index contributed by atoms with van der Waals surface area (Å²) in [5, 5.41) is 5.52. The van der Waals surface area contributed by atoms with Gasteiger partial charge in [-0.1, -0.05) is 26.7 Å². The lowest BCUT2D eigenvalue weighted by Crippen LogP contribution is -2.44. The van der Waals surface area contributed by atoms with Crippen molar-refractivity contribution in [3.8, 4) is 0 Å². The van der Waals surface area contributed by atoms with E-state index in [4.69, 9.17) is 5.73 Å². The number of carbonyl (C=O) groups is 1. The van der Waals surface area contributed by atoms with E-state index < -0.39 is 0 Å². The van der Waals surface area contributed by atoms with Gasteiger partial charge in [-0.25, -0.2) is 4.98 Å². The van der Waals surface area contributed by atoms with Crippen LogP contribution < -0.4 is 11.1 Å². The van der Waals surface area contributed by atoms with Crippen molar-refractivity contribution in [1.29, 1.82) is 0 Å². The van der Waals surface area contributed by atoms with Crippen LogP contribution in [0.25, 0.3) is 0 Å². The molecule has 0 spiro atoms. The Morgan fingerprint density at radius 2 is 2.33 bits per heavy atom. The molecule has 0 saturated heterocycles. The number of nitrogen functional groups attached to an aromatic ring is 1. The monoisotopic (exact) mass is 267 g/mol. The summed E-state index contributed by atoms with van der Waals surface area (Å²) in [4.78, 5) is 16.1. The van der Waals surface area contributed by atoms with E-state index in [2.05, 4.69) is 24.1 Å². The van der Waals surface area contributed by atoms with E-state index in [9.17, 15) is 4.79 Å². The Kier molecular flexibility index (Phi) is 4.22. The van der Waals surface area contributed by atoms with Crippen LogP contribution >= 0.6 is 11.3 Å². The lowest BCUT2D eigenvalue weighted by molar-refractivity contribution is -0.121. The van der Waals surface area contributed by atoms with Crippen molar-refractivity contribution in [2.24, 2.45) is 11.8 Å². The number of nitrogens with two attached hydrogens (primary N) is 1. The molecule has 1 amide bonds. The first-order valence-corrected chi connectivity index (χ1v) is 7.43. The third kappa shape index (κ3) is 3.22. The van der Waals surface area contributed by atoms with Crippen molar-refractivity contribution in [2.75, 3.05) is 5.73 Å². The molecule has 0 aromatic carbocycles. The minimum absolute atomic E-state index is 0.0613. The van der Waals surface area contributed by atoms with Gasteiger partial charge in [-0.15, -0.1) is 11.3 Å². The van der Waals surface area contributed by atoms with Crippen molar-refractivity contribution >= 4 is 22.4 Å². The molecular weight excluding hydrogens is 246 g/mol. The van der Waals surface area contributed by atoms with Gasteiger partial charge in [0.15, 0.2) is 5.13 Å². The van der Waals surface area contributed by atoms with E-state index in [0.29, 0.717) is 29.4 Å². The summed E-state index contributed by atoms with van der Waals surface area (Å²) in [5.74, 6) is 1.31. The first kappa shape index (κ1) is 13.3. The fourth-order valence-corrected chi connectivity index (χ4v) is 3.17. The molecule has 2 rings (SSSR count). The highest BCUT2D eigenvalue weighted by molar-refractivity contribution is 7.13. The summed E-state index contributed by atoms with van der Waals surface area (Å²) in [5.41, 5.74) is 6.32. The van der Waals surface area contributed by atoms with Crippen LogP contribution in [-0.4, -0.2) is 16.9 Å². The molecule has 1 aliphatic rings. The van der Waals surface area contributed by atoms with Crippen LogP contribution in [-0.2, 0) is 11.2 Å². The molecule has 1 fully saturated rings. The summed E-state index contributed by atoms with van der Waals surface area (Å²) >= 11 is 1.38. The number of nitrogens with one attached hydrogen (secondary N) is 1. The SMILES string of the molecule is CC1CCCC(NC(=O)Cc2csc(N)n2)C1C. The van der Waals surface area contributed by atoms with Gasteiger partial charge in [-0.3, -0.25) is 4.79 Å². The normalized spacial score (nSPS) is 28.0. The largest absolute Gasteiger partial charge is 0.375 e. The number of hydrogen-bond donors (Lipinski definition) is 2. The van der Waals surface area contributed by atoms with Gasteiger partial charge in [-0.05, 0) is 18.3 Å². The second-order valence-electron chi connectivity index (χ2n) is 5.30. The van der Waals surface area contributed by atoms with Crippen molar-refractivity contribution in [1.82, 2.24) is 10.3 Å². The molecule has 3 N–H and O–H groups in total. The van der Waals surface area contributed by atoms with Gasteiger partial charge in [0, 0.05) is 11.4 Å². The maximum absolute atomic E-state index is 12.0. The minimum atomic E-state index is 0.0613. The highest BCUT2D eigenvalue weighted by Gasteiger charge is 2.28. The van der Waals surface area contributed by atoms with Gasteiger partial charge < -0.3 is 11.1 Å². The number of rotatable bonds is 3. The standard InChI is InChI=1S/C13H21N3OS/c1-8-4-3-5-11(9(8)2)16-12(17)6-10-7-18-13(14)15-10/h7-9,11H,3-6H2,1-2H3,(H2,14,15)(H,16,17). The summed E-state index contributed by atoms with van der Waals surface area (Å²) in [6.07, 6.45) is 3.91. The molecule has 100 valence electrons. The Morgan fingerprint density at radius 3 is 3.00 bits per heavy atom. The predicted octanol–water partition coefficient (Wildman–Crippen LogP) is 2.21. The zero-order valence-corrected chi connectivity index (χ0v) is 11.8. The summed E-state index contributed by atoms with van der Waals surface area (Å²) in [6, 6.07) is 0.317. The molecule has 1 heterocycles. The second kappa shape index (κ2) is 5.69. The number of aromatic nitrogens is 1. The molecule has 5 heteroatoms. The molecule has 1 aliphatic carbocycles.